The zero-order chi connectivity index (χ0) is 7.56. The normalized spacial score (nSPS) is 10.4. The maximum atomic E-state index is 5.55. The number of ether oxygens (including phenoxy) is 1. The molecule has 0 aliphatic heterocycles. The molecule has 56 valence electrons. The molecule has 0 saturated heterocycles. The molecule has 1 N–H and O–H groups in total. The molecular weight excluding hydrogens is 152 g/mol. The second-order valence-electron chi connectivity index (χ2n) is 2.22. The number of nitrogens with zero attached hydrogens (tertiary/aromatic N) is 1. The second-order valence-corrected chi connectivity index (χ2v) is 2.63. The predicted octanol–water partition coefficient (Wildman–Crippen LogP) is 1.85. The summed E-state index contributed by atoms with van der Waals surface area (Å²) in [6.07, 6.45) is 0.138. The molecule has 3 nitrogen and oxygen atoms in total. The van der Waals surface area contributed by atoms with Crippen LogP contribution in [0.4, 0.5) is 0 Å². The molecule has 0 saturated carbocycles. The number of hydrogen-bond donors (Lipinski definition) is 1. The van der Waals surface area contributed by atoms with Gasteiger partial charge in [0, 0.05) is 6.07 Å². The lowest BCUT2D eigenvalue weighted by molar-refractivity contribution is 0.232. The summed E-state index contributed by atoms with van der Waals surface area (Å²) in [6, 6.07) is 1.64. The molecular formula is C6H9ClN2O. The molecule has 0 atom stereocenters. The van der Waals surface area contributed by atoms with Crippen LogP contribution < -0.4 is 4.74 Å². The van der Waals surface area contributed by atoms with Crippen molar-refractivity contribution in [3.63, 3.8) is 0 Å². The van der Waals surface area contributed by atoms with Crippen LogP contribution in [0.25, 0.3) is 0 Å². The Morgan fingerprint density at radius 1 is 1.70 bits per heavy atom. The first kappa shape index (κ1) is 7.41. The van der Waals surface area contributed by atoms with Crippen molar-refractivity contribution in [3.05, 3.63) is 11.2 Å². The number of rotatable bonds is 2. The topological polar surface area (TPSA) is 37.9 Å². The molecule has 0 aliphatic carbocycles. The summed E-state index contributed by atoms with van der Waals surface area (Å²) in [5.74, 6) is 0.542. The Balaban J connectivity index is 2.58. The lowest BCUT2D eigenvalue weighted by atomic mass is 10.5. The van der Waals surface area contributed by atoms with E-state index >= 15 is 0 Å². The Hall–Kier alpha value is -0.700. The highest BCUT2D eigenvalue weighted by Gasteiger charge is 2.00. The van der Waals surface area contributed by atoms with E-state index in [1.165, 1.54) is 0 Å². The maximum absolute atomic E-state index is 5.55. The van der Waals surface area contributed by atoms with Gasteiger partial charge in [-0.1, -0.05) is 11.6 Å². The standard InChI is InChI=1S/C6H9ClN2O/c1-4(2)10-6-3-5(7)8-9-6/h3-4H,1-2H3,(H,8,9). The molecule has 0 fully saturated rings. The SMILES string of the molecule is CC(C)Oc1cc(Cl)[nH]n1. The highest BCUT2D eigenvalue weighted by Crippen LogP contribution is 2.13. The molecule has 0 bridgehead atoms. The van der Waals surface area contributed by atoms with Gasteiger partial charge in [-0.05, 0) is 13.8 Å². The van der Waals surface area contributed by atoms with Gasteiger partial charge in [0.15, 0.2) is 0 Å². The Morgan fingerprint density at radius 3 is 2.80 bits per heavy atom. The third-order valence-electron chi connectivity index (χ3n) is 0.880. The van der Waals surface area contributed by atoms with E-state index in [1.807, 2.05) is 13.8 Å². The maximum Gasteiger partial charge on any atom is 0.234 e. The van der Waals surface area contributed by atoms with E-state index in [-0.39, 0.29) is 6.10 Å². The summed E-state index contributed by atoms with van der Waals surface area (Å²) < 4.78 is 5.21. The summed E-state index contributed by atoms with van der Waals surface area (Å²) in [7, 11) is 0. The summed E-state index contributed by atoms with van der Waals surface area (Å²) in [5.41, 5.74) is 0. The van der Waals surface area contributed by atoms with Gasteiger partial charge in [0.25, 0.3) is 0 Å². The van der Waals surface area contributed by atoms with E-state index in [2.05, 4.69) is 10.2 Å². The first-order valence-corrected chi connectivity index (χ1v) is 3.44. The smallest absolute Gasteiger partial charge is 0.234 e. The zero-order valence-electron chi connectivity index (χ0n) is 5.89. The van der Waals surface area contributed by atoms with E-state index < -0.39 is 0 Å². The number of hydrogen-bond acceptors (Lipinski definition) is 2. The molecule has 1 rings (SSSR count). The van der Waals surface area contributed by atoms with Crippen molar-refractivity contribution in [2.24, 2.45) is 0 Å². The third-order valence-corrected chi connectivity index (χ3v) is 1.07. The van der Waals surface area contributed by atoms with Gasteiger partial charge in [0.1, 0.15) is 5.15 Å². The van der Waals surface area contributed by atoms with Gasteiger partial charge >= 0.3 is 0 Å². The van der Waals surface area contributed by atoms with Crippen LogP contribution in [-0.4, -0.2) is 16.3 Å². The lowest BCUT2D eigenvalue weighted by Crippen LogP contribution is -2.05. The van der Waals surface area contributed by atoms with Crippen molar-refractivity contribution < 1.29 is 4.74 Å². The average Bonchev–Trinajstić information content (AvgIpc) is 2.13. The highest BCUT2D eigenvalue weighted by molar-refractivity contribution is 6.29. The van der Waals surface area contributed by atoms with Crippen LogP contribution in [-0.2, 0) is 0 Å². The molecule has 0 aliphatic rings. The van der Waals surface area contributed by atoms with E-state index in [0.717, 1.165) is 0 Å². The minimum atomic E-state index is 0.138. The van der Waals surface area contributed by atoms with Crippen molar-refractivity contribution in [2.45, 2.75) is 20.0 Å². The van der Waals surface area contributed by atoms with Crippen molar-refractivity contribution in [3.8, 4) is 5.88 Å². The van der Waals surface area contributed by atoms with Gasteiger partial charge in [-0.2, -0.15) is 0 Å². The Labute approximate surface area is 64.3 Å². The van der Waals surface area contributed by atoms with E-state index in [9.17, 15) is 0 Å². The van der Waals surface area contributed by atoms with Crippen LogP contribution in [0, 0.1) is 0 Å². The number of aromatic nitrogens is 2. The van der Waals surface area contributed by atoms with Gasteiger partial charge < -0.3 is 4.74 Å². The molecule has 0 radical (unpaired) electrons. The van der Waals surface area contributed by atoms with E-state index in [0.29, 0.717) is 11.0 Å². The number of aromatic amines is 1. The van der Waals surface area contributed by atoms with Crippen LogP contribution in [0.15, 0.2) is 6.07 Å². The quantitative estimate of drug-likeness (QED) is 0.717. The molecule has 0 amide bonds. The number of nitrogens with one attached hydrogen (secondary N) is 1. The van der Waals surface area contributed by atoms with Crippen LogP contribution in [0.1, 0.15) is 13.8 Å². The molecule has 4 heteroatoms. The molecule has 0 spiro atoms. The molecule has 1 aromatic heterocycles. The van der Waals surface area contributed by atoms with Gasteiger partial charge in [0.2, 0.25) is 5.88 Å². The van der Waals surface area contributed by atoms with Gasteiger partial charge in [-0.25, -0.2) is 0 Å². The van der Waals surface area contributed by atoms with Crippen LogP contribution in [0.5, 0.6) is 5.88 Å². The lowest BCUT2D eigenvalue weighted by Gasteiger charge is -2.03. The van der Waals surface area contributed by atoms with E-state index in [4.69, 9.17) is 16.3 Å². The van der Waals surface area contributed by atoms with Crippen LogP contribution in [0.2, 0.25) is 5.15 Å². The molecule has 1 heterocycles. The van der Waals surface area contributed by atoms with Gasteiger partial charge in [-0.3, -0.25) is 5.10 Å². The molecule has 10 heavy (non-hydrogen) atoms. The summed E-state index contributed by atoms with van der Waals surface area (Å²) >= 11 is 5.55. The minimum Gasteiger partial charge on any atom is -0.474 e. The average molecular weight is 161 g/mol. The van der Waals surface area contributed by atoms with Crippen molar-refractivity contribution in [1.82, 2.24) is 10.2 Å². The fourth-order valence-electron chi connectivity index (χ4n) is 0.583. The van der Waals surface area contributed by atoms with Crippen molar-refractivity contribution >= 4 is 11.6 Å². The first-order chi connectivity index (χ1) is 4.68. The summed E-state index contributed by atoms with van der Waals surface area (Å²) in [5, 5.41) is 6.84. The van der Waals surface area contributed by atoms with Crippen molar-refractivity contribution in [2.75, 3.05) is 0 Å². The molecule has 0 unspecified atom stereocenters. The zero-order valence-corrected chi connectivity index (χ0v) is 6.64. The highest BCUT2D eigenvalue weighted by atomic mass is 35.5. The molecule has 1 aromatic rings. The number of halogens is 1. The summed E-state index contributed by atoms with van der Waals surface area (Å²) in [4.78, 5) is 0. The monoisotopic (exact) mass is 160 g/mol. The van der Waals surface area contributed by atoms with E-state index in [1.54, 1.807) is 6.07 Å². The number of H-pyrrole nitrogens is 1. The fourth-order valence-corrected chi connectivity index (χ4v) is 0.719. The van der Waals surface area contributed by atoms with Crippen LogP contribution in [0.3, 0.4) is 0 Å². The van der Waals surface area contributed by atoms with Crippen molar-refractivity contribution in [1.29, 1.82) is 0 Å². The largest absolute Gasteiger partial charge is 0.474 e. The van der Waals surface area contributed by atoms with Gasteiger partial charge in [-0.15, -0.1) is 5.10 Å². The minimum absolute atomic E-state index is 0.138. The fraction of sp³-hybridized carbons (Fsp3) is 0.500. The third kappa shape index (κ3) is 1.92. The first-order valence-electron chi connectivity index (χ1n) is 3.06. The van der Waals surface area contributed by atoms with Crippen LogP contribution >= 0.6 is 11.6 Å². The predicted molar refractivity (Wildman–Crippen MR) is 39.4 cm³/mol. The summed E-state index contributed by atoms with van der Waals surface area (Å²) in [6.45, 7) is 3.87. The Kier molecular flexibility index (Phi) is 2.17. The van der Waals surface area contributed by atoms with Gasteiger partial charge in [0.05, 0.1) is 6.10 Å². The second kappa shape index (κ2) is 2.92. The Morgan fingerprint density at radius 2 is 2.40 bits per heavy atom. The molecule has 0 aromatic carbocycles. The Bertz CT molecular complexity index is 209.